The average Bonchev–Trinajstić information content (AvgIpc) is 1.69. The Labute approximate surface area is 44.2 Å². The zero-order chi connectivity index (χ0) is 5.11. The van der Waals surface area contributed by atoms with Crippen LogP contribution in [0.2, 0.25) is 0 Å². The van der Waals surface area contributed by atoms with Crippen LogP contribution in [0, 0.1) is 0 Å². The van der Waals surface area contributed by atoms with E-state index in [0.29, 0.717) is 6.34 Å². The molecule has 0 unspecified atom stereocenters. The maximum absolute atomic E-state index is 2.17. The maximum atomic E-state index is 2.17. The van der Waals surface area contributed by atoms with Crippen LogP contribution in [0.4, 0.5) is 0 Å². The van der Waals surface area contributed by atoms with Gasteiger partial charge in [-0.1, -0.05) is 6.07 Å². The quantitative estimate of drug-likeness (QED) is 0.450. The third-order valence-corrected chi connectivity index (χ3v) is 1.05. The highest BCUT2D eigenvalue weighted by Gasteiger charge is 1.60. The fourth-order valence-corrected chi connectivity index (χ4v) is 0.607. The molecule has 0 amide bonds. The van der Waals surface area contributed by atoms with Crippen LogP contribution in [0.25, 0.3) is 0 Å². The summed E-state index contributed by atoms with van der Waals surface area (Å²) in [5.41, 5.74) is 0. The van der Waals surface area contributed by atoms with Crippen LogP contribution in [0.1, 0.15) is 0 Å². The summed E-state index contributed by atoms with van der Waals surface area (Å²) in [6.45, 7) is 2.17. The lowest BCUT2D eigenvalue weighted by Gasteiger charge is -1.94. The van der Waals surface area contributed by atoms with E-state index in [1.807, 2.05) is 6.07 Å². The minimum Gasteiger partial charge on any atom is -0.265 e. The fourth-order valence-electron chi connectivity index (χ4n) is 0.607. The van der Waals surface area contributed by atoms with Gasteiger partial charge in [0.05, 0.1) is 0 Å². The van der Waals surface area contributed by atoms with Crippen molar-refractivity contribution in [3.05, 3.63) is 30.1 Å². The van der Waals surface area contributed by atoms with Gasteiger partial charge in [0, 0.05) is 0 Å². The van der Waals surface area contributed by atoms with Crippen molar-refractivity contribution in [2.45, 2.75) is 0 Å². The topological polar surface area (TPSA) is 0 Å². The third kappa shape index (κ3) is 1.15. The molecule has 0 aliphatic carbocycles. The molecule has 0 nitrogen and oxygen atoms in total. The van der Waals surface area contributed by atoms with Gasteiger partial charge < -0.3 is 0 Å². The molecule has 0 saturated heterocycles. The van der Waals surface area contributed by atoms with Gasteiger partial charge >= 0.3 is 0 Å². The number of rotatable bonds is 0. The van der Waals surface area contributed by atoms with Crippen molar-refractivity contribution in [2.75, 3.05) is 0 Å². The zero-order valence-corrected chi connectivity index (χ0v) is 4.46. The van der Waals surface area contributed by atoms with Gasteiger partial charge in [0.2, 0.25) is 0 Å². The van der Waals surface area contributed by atoms with Gasteiger partial charge in [-0.3, -0.25) is 11.9 Å². The minimum absolute atomic E-state index is 0.644. The fraction of sp³-hybridized carbons (Fsp3) is 0.167. The smallest absolute Gasteiger partial charge is 0.0695 e. The van der Waals surface area contributed by atoms with Gasteiger partial charge in [-0.05, 0) is 0 Å². The predicted molar refractivity (Wildman–Crippen MR) is 33.4 cm³/mol. The van der Waals surface area contributed by atoms with Crippen molar-refractivity contribution >= 4 is 6.34 Å². The van der Waals surface area contributed by atoms with Gasteiger partial charge in [-0.2, -0.15) is 0 Å². The van der Waals surface area contributed by atoms with Gasteiger partial charge in [-0.15, -0.1) is 18.5 Å². The van der Waals surface area contributed by atoms with E-state index in [-0.39, 0.29) is 0 Å². The van der Waals surface area contributed by atoms with Crippen molar-refractivity contribution in [2.24, 2.45) is 6.82 Å². The first-order chi connectivity index (χ1) is 3.39. The summed E-state index contributed by atoms with van der Waals surface area (Å²) in [6, 6.07) is 6.19. The Hall–Kier alpha value is -0.585. The van der Waals surface area contributed by atoms with Gasteiger partial charge in [0.25, 0.3) is 0 Å². The summed E-state index contributed by atoms with van der Waals surface area (Å²) < 4.78 is 0. The summed E-state index contributed by atoms with van der Waals surface area (Å²) in [6.07, 6.45) is 0.644. The second-order valence-corrected chi connectivity index (χ2v) is 1.82. The number of aryl methyl sites for hydroxylation is 1. The lowest BCUT2D eigenvalue weighted by molar-refractivity contribution is 1.80. The van der Waals surface area contributed by atoms with Crippen molar-refractivity contribution in [3.8, 4) is 0 Å². The van der Waals surface area contributed by atoms with Crippen molar-refractivity contribution in [3.63, 3.8) is 0 Å². The lowest BCUT2D eigenvalue weighted by atomic mass is 9.69. The molecule has 0 saturated carbocycles. The second-order valence-electron chi connectivity index (χ2n) is 1.82. The monoisotopic (exact) mass is 91.1 g/mol. The van der Waals surface area contributed by atoms with Crippen LogP contribution < -0.4 is 0 Å². The van der Waals surface area contributed by atoms with Crippen LogP contribution >= 0.6 is 0 Å². The van der Waals surface area contributed by atoms with Gasteiger partial charge in [0.1, 0.15) is 0 Å². The molecular formula is C6H8B-. The van der Waals surface area contributed by atoms with Crippen molar-refractivity contribution < 1.29 is 0 Å². The van der Waals surface area contributed by atoms with E-state index in [1.54, 1.807) is 0 Å². The maximum Gasteiger partial charge on any atom is -0.0695 e. The van der Waals surface area contributed by atoms with Crippen molar-refractivity contribution in [1.29, 1.82) is 0 Å². The van der Waals surface area contributed by atoms with E-state index < -0.39 is 0 Å². The third-order valence-electron chi connectivity index (χ3n) is 1.05. The first kappa shape index (κ1) is 4.57. The van der Waals surface area contributed by atoms with Crippen LogP contribution in [-0.4, -0.2) is 6.34 Å². The summed E-state index contributed by atoms with van der Waals surface area (Å²) in [5.74, 6) is 4.33. The molecule has 36 valence electrons. The Balaban J connectivity index is 3.02. The highest BCUT2D eigenvalue weighted by atomic mass is 13.6. The lowest BCUT2D eigenvalue weighted by Crippen LogP contribution is -1.85. The first-order valence-corrected chi connectivity index (χ1v) is 2.58. The molecule has 1 heterocycles. The summed E-state index contributed by atoms with van der Waals surface area (Å²) in [4.78, 5) is 0. The molecule has 0 aliphatic rings. The Morgan fingerprint density at radius 1 is 1.00 bits per heavy atom. The Morgan fingerprint density at radius 3 is 1.86 bits per heavy atom. The highest BCUT2D eigenvalue weighted by Crippen LogP contribution is 1.79. The Kier molecular flexibility index (Phi) is 1.25. The van der Waals surface area contributed by atoms with Crippen LogP contribution in [0.5, 0.6) is 0 Å². The highest BCUT2D eigenvalue weighted by molar-refractivity contribution is 6.47. The normalized spacial score (nSPS) is 8.71. The Morgan fingerprint density at radius 2 is 1.57 bits per heavy atom. The average molecular weight is 90.9 g/mol. The predicted octanol–water partition coefficient (Wildman–Crippen LogP) is 1.25. The standard InChI is InChI=1S/C6H8B/c1-7-5-3-2-4-6-7/h2-6H,1H3/q-1. The molecule has 7 heavy (non-hydrogen) atoms. The summed E-state index contributed by atoms with van der Waals surface area (Å²) in [7, 11) is 0. The molecule has 0 bridgehead atoms. The van der Waals surface area contributed by atoms with E-state index in [4.69, 9.17) is 0 Å². The molecule has 0 aromatic carbocycles. The van der Waals surface area contributed by atoms with E-state index >= 15 is 0 Å². The first-order valence-electron chi connectivity index (χ1n) is 2.58. The molecule has 1 heteroatoms. The van der Waals surface area contributed by atoms with Crippen LogP contribution in [-0.2, 0) is 6.82 Å². The molecule has 0 spiro atoms. The van der Waals surface area contributed by atoms with Crippen LogP contribution in [0.15, 0.2) is 30.1 Å². The van der Waals surface area contributed by atoms with Gasteiger partial charge in [0.15, 0.2) is 0 Å². The molecular weight excluding hydrogens is 82.9 g/mol. The largest absolute Gasteiger partial charge is 0.265 e. The summed E-state index contributed by atoms with van der Waals surface area (Å²) in [5, 5.41) is 0. The van der Waals surface area contributed by atoms with Gasteiger partial charge in [-0.25, -0.2) is 6.82 Å². The number of hydrogen-bond donors (Lipinski definition) is 0. The molecule has 1 aromatic rings. The SMILES string of the molecule is C[b-]1ccccc1. The van der Waals surface area contributed by atoms with Crippen LogP contribution in [0.3, 0.4) is 0 Å². The molecule has 0 atom stereocenters. The van der Waals surface area contributed by atoms with E-state index in [0.717, 1.165) is 0 Å². The Bertz CT molecular complexity index is 134. The molecule has 0 aliphatic heterocycles. The zero-order valence-electron chi connectivity index (χ0n) is 4.46. The molecule has 0 fully saturated rings. The number of hydrogen-bond acceptors (Lipinski definition) is 0. The molecule has 1 rings (SSSR count). The van der Waals surface area contributed by atoms with E-state index in [9.17, 15) is 0 Å². The van der Waals surface area contributed by atoms with E-state index in [1.165, 1.54) is 0 Å². The minimum atomic E-state index is 0.644. The molecule has 1 aromatic heterocycles. The molecule has 0 radical (unpaired) electrons. The van der Waals surface area contributed by atoms with Crippen molar-refractivity contribution in [1.82, 2.24) is 0 Å². The summed E-state index contributed by atoms with van der Waals surface area (Å²) >= 11 is 0. The van der Waals surface area contributed by atoms with E-state index in [2.05, 4.69) is 30.9 Å². The molecule has 0 N–H and O–H groups in total. The second kappa shape index (κ2) is 1.92.